The summed E-state index contributed by atoms with van der Waals surface area (Å²) in [5, 5.41) is 0. The van der Waals surface area contributed by atoms with Gasteiger partial charge in [0.05, 0.1) is 6.61 Å². The summed E-state index contributed by atoms with van der Waals surface area (Å²) in [5.41, 5.74) is 0. The second kappa shape index (κ2) is 15.8. The van der Waals surface area contributed by atoms with Gasteiger partial charge in [-0.3, -0.25) is 4.18 Å². The van der Waals surface area contributed by atoms with Gasteiger partial charge in [-0.1, -0.05) is 45.4 Å². The van der Waals surface area contributed by atoms with Crippen molar-refractivity contribution in [1.29, 1.82) is 0 Å². The molecular weight excluding hydrogens is 275 g/mol. The summed E-state index contributed by atoms with van der Waals surface area (Å²) in [6.45, 7) is 3.88. The Morgan fingerprint density at radius 2 is 1.45 bits per heavy atom. The third-order valence-corrected chi connectivity index (χ3v) is 3.26. The Morgan fingerprint density at radius 1 is 1.00 bits per heavy atom. The molecule has 1 heterocycles. The molecule has 0 atom stereocenters. The molecule has 0 aliphatic carbocycles. The van der Waals surface area contributed by atoms with E-state index in [-0.39, 0.29) is 25.5 Å². The molecule has 0 N–H and O–H groups in total. The maximum Gasteiger partial charge on any atom is 1.00 e. The molecule has 0 aromatic rings. The molecule has 0 spiro atoms. The van der Waals surface area contributed by atoms with E-state index < -0.39 is 10.4 Å². The van der Waals surface area contributed by atoms with Crippen LogP contribution in [-0.4, -0.2) is 32.8 Å². The van der Waals surface area contributed by atoms with Crippen LogP contribution in [0.1, 0.15) is 64.7 Å². The summed E-state index contributed by atoms with van der Waals surface area (Å²) in [7, 11) is -4.45. The molecule has 7 heteroatoms. The van der Waals surface area contributed by atoms with Gasteiger partial charge >= 0.3 is 18.9 Å². The van der Waals surface area contributed by atoms with E-state index in [9.17, 15) is 13.0 Å². The Hall–Kier alpha value is 0.427. The Balaban J connectivity index is 0. The molecule has 0 bridgehead atoms. The molecule has 1 rings (SSSR count). The van der Waals surface area contributed by atoms with Crippen molar-refractivity contribution in [3.05, 3.63) is 0 Å². The largest absolute Gasteiger partial charge is 1.00 e. The van der Waals surface area contributed by atoms with Crippen LogP contribution < -0.4 is 18.9 Å². The molecule has 1 aliphatic rings. The van der Waals surface area contributed by atoms with Crippen LogP contribution in [0.25, 0.3) is 0 Å². The second-order valence-electron chi connectivity index (χ2n) is 4.67. The van der Waals surface area contributed by atoms with Crippen molar-refractivity contribution in [3.8, 4) is 0 Å². The SMILES string of the molecule is C1CCCCOCCCC1.CCCCOS(=O)(=O)[O-].[Li+]. The molecule has 0 saturated carbocycles. The fourth-order valence-corrected chi connectivity index (χ4v) is 2.02. The van der Waals surface area contributed by atoms with Gasteiger partial charge in [0, 0.05) is 13.2 Å². The minimum absolute atomic E-state index is 0. The zero-order chi connectivity index (χ0) is 14.4. The quantitative estimate of drug-likeness (QED) is 0.317. The van der Waals surface area contributed by atoms with Crippen molar-refractivity contribution in [1.82, 2.24) is 0 Å². The van der Waals surface area contributed by atoms with Crippen LogP contribution in [0.15, 0.2) is 0 Å². The molecule has 1 aliphatic heterocycles. The molecule has 20 heavy (non-hydrogen) atoms. The number of hydrogen-bond donors (Lipinski definition) is 0. The molecule has 5 nitrogen and oxygen atoms in total. The number of hydrogen-bond acceptors (Lipinski definition) is 5. The van der Waals surface area contributed by atoms with Gasteiger partial charge in [-0.05, 0) is 19.3 Å². The summed E-state index contributed by atoms with van der Waals surface area (Å²) in [5.74, 6) is 0. The molecule has 116 valence electrons. The molecule has 1 saturated heterocycles. The summed E-state index contributed by atoms with van der Waals surface area (Å²) in [6.07, 6.45) is 11.0. The van der Waals surface area contributed by atoms with Gasteiger partial charge in [0.25, 0.3) is 0 Å². The van der Waals surface area contributed by atoms with E-state index in [4.69, 9.17) is 4.74 Å². The molecule has 0 amide bonds. The summed E-state index contributed by atoms with van der Waals surface area (Å²) >= 11 is 0. The molecule has 0 aromatic carbocycles. The molecule has 0 unspecified atom stereocenters. The van der Waals surface area contributed by atoms with E-state index in [0.717, 1.165) is 19.6 Å². The average molecular weight is 302 g/mol. The van der Waals surface area contributed by atoms with E-state index in [2.05, 4.69) is 4.18 Å². The first-order chi connectivity index (χ1) is 9.06. The smallest absolute Gasteiger partial charge is 0.726 e. The summed E-state index contributed by atoms with van der Waals surface area (Å²) in [4.78, 5) is 0. The van der Waals surface area contributed by atoms with Crippen molar-refractivity contribution < 1.29 is 40.8 Å². The van der Waals surface area contributed by atoms with E-state index >= 15 is 0 Å². The van der Waals surface area contributed by atoms with Gasteiger partial charge in [-0.15, -0.1) is 0 Å². The van der Waals surface area contributed by atoms with Gasteiger partial charge in [-0.25, -0.2) is 8.42 Å². The number of unbranched alkanes of at least 4 members (excludes halogenated alkanes) is 1. The predicted octanol–water partition coefficient (Wildman–Crippen LogP) is 0.0146. The first-order valence-electron chi connectivity index (χ1n) is 7.24. The van der Waals surface area contributed by atoms with Crippen LogP contribution in [0.3, 0.4) is 0 Å². The van der Waals surface area contributed by atoms with Gasteiger partial charge in [-0.2, -0.15) is 0 Å². The van der Waals surface area contributed by atoms with Gasteiger partial charge in [0.15, 0.2) is 0 Å². The van der Waals surface area contributed by atoms with Crippen LogP contribution >= 0.6 is 0 Å². The van der Waals surface area contributed by atoms with Crippen LogP contribution in [0, 0.1) is 0 Å². The maximum atomic E-state index is 9.73. The van der Waals surface area contributed by atoms with Crippen LogP contribution in [0.5, 0.6) is 0 Å². The zero-order valence-electron chi connectivity index (χ0n) is 12.9. The topological polar surface area (TPSA) is 75.7 Å². The third-order valence-electron chi connectivity index (χ3n) is 2.80. The fraction of sp³-hybridized carbons (Fsp3) is 1.00. The van der Waals surface area contributed by atoms with Gasteiger partial charge in [0.2, 0.25) is 10.4 Å². The monoisotopic (exact) mass is 302 g/mol. The minimum atomic E-state index is -4.45. The Labute approximate surface area is 135 Å². The van der Waals surface area contributed by atoms with Gasteiger partial charge < -0.3 is 9.29 Å². The Kier molecular flexibility index (Phi) is 17.9. The van der Waals surface area contributed by atoms with Crippen molar-refractivity contribution in [2.75, 3.05) is 19.8 Å². The van der Waals surface area contributed by atoms with Crippen molar-refractivity contribution in [2.45, 2.75) is 64.7 Å². The van der Waals surface area contributed by atoms with Crippen LogP contribution in [0.2, 0.25) is 0 Å². The van der Waals surface area contributed by atoms with Crippen molar-refractivity contribution in [2.24, 2.45) is 0 Å². The van der Waals surface area contributed by atoms with Crippen molar-refractivity contribution >= 4 is 10.4 Å². The first kappa shape index (κ1) is 22.7. The maximum absolute atomic E-state index is 9.73. The van der Waals surface area contributed by atoms with E-state index in [1.807, 2.05) is 6.92 Å². The van der Waals surface area contributed by atoms with Gasteiger partial charge in [0.1, 0.15) is 0 Å². The second-order valence-corrected chi connectivity index (χ2v) is 5.72. The third kappa shape index (κ3) is 20.7. The molecule has 1 fully saturated rings. The zero-order valence-corrected chi connectivity index (χ0v) is 13.8. The molecular formula is C13H27LiO5S. The van der Waals surface area contributed by atoms with E-state index in [1.54, 1.807) is 0 Å². The summed E-state index contributed by atoms with van der Waals surface area (Å²) in [6, 6.07) is 0. The molecule has 0 aromatic heterocycles. The standard InChI is InChI=1S/C9H18O.C4H10O4S.Li/c1-2-4-6-8-10-9-7-5-3-1;1-2-3-4-8-9(5,6)7;/h1-9H2;2-4H2,1H3,(H,5,6,7);/q;;+1/p-1. The van der Waals surface area contributed by atoms with Crippen LogP contribution in [0.4, 0.5) is 0 Å². The Morgan fingerprint density at radius 3 is 1.85 bits per heavy atom. The Bertz CT molecular complexity index is 249. The van der Waals surface area contributed by atoms with Crippen molar-refractivity contribution in [3.63, 3.8) is 0 Å². The average Bonchev–Trinajstić information content (AvgIpc) is 2.36. The van der Waals surface area contributed by atoms with E-state index in [1.165, 1.54) is 44.9 Å². The summed E-state index contributed by atoms with van der Waals surface area (Å²) < 4.78 is 38.5. The predicted molar refractivity (Wildman–Crippen MR) is 73.7 cm³/mol. The molecule has 0 radical (unpaired) electrons. The normalized spacial score (nSPS) is 17.3. The fourth-order valence-electron chi connectivity index (χ4n) is 1.70. The minimum Gasteiger partial charge on any atom is -0.726 e. The first-order valence-corrected chi connectivity index (χ1v) is 8.57. The van der Waals surface area contributed by atoms with E-state index in [0.29, 0.717) is 6.42 Å². The number of rotatable bonds is 4. The number of ether oxygens (including phenoxy) is 1. The van der Waals surface area contributed by atoms with Crippen LogP contribution in [-0.2, 0) is 19.3 Å².